The molecule has 0 saturated carbocycles. The second-order valence-electron chi connectivity index (χ2n) is 17.1. The van der Waals surface area contributed by atoms with Crippen molar-refractivity contribution < 1.29 is 0 Å². The Bertz CT molecular complexity index is 3220. The van der Waals surface area contributed by atoms with E-state index in [1.165, 1.54) is 83.0 Å². The van der Waals surface area contributed by atoms with Crippen LogP contribution < -0.4 is 4.90 Å². The summed E-state index contributed by atoms with van der Waals surface area (Å²) in [5, 5.41) is 2.71. The minimum absolute atomic E-state index is 0.387. The number of aryl methyl sites for hydroxylation is 3. The Hall–Kier alpha value is -7.68. The Labute approximate surface area is 378 Å². The minimum Gasteiger partial charge on any atom is -0.344 e. The maximum absolute atomic E-state index is 2.39. The molecule has 0 spiro atoms. The summed E-state index contributed by atoms with van der Waals surface area (Å²) < 4.78 is 2.34. The molecule has 11 rings (SSSR count). The van der Waals surface area contributed by atoms with E-state index in [4.69, 9.17) is 0 Å². The molecule has 0 fully saturated rings. The molecular weight excluding hydrogens is 773 g/mol. The fourth-order valence-electron chi connectivity index (χ4n) is 9.26. The van der Waals surface area contributed by atoms with E-state index in [-0.39, 0.29) is 0 Å². The van der Waals surface area contributed by atoms with Crippen LogP contribution in [0.15, 0.2) is 230 Å². The van der Waals surface area contributed by atoms with Crippen LogP contribution in [0.3, 0.4) is 0 Å². The summed E-state index contributed by atoms with van der Waals surface area (Å²) in [7, 11) is 2.19. The van der Waals surface area contributed by atoms with Gasteiger partial charge in [-0.05, 0) is 136 Å². The summed E-state index contributed by atoms with van der Waals surface area (Å²) in [6, 6.07) is 68.0. The predicted octanol–water partition coefficient (Wildman–Crippen LogP) is 16.7. The number of rotatable bonds is 7. The molecular formula is C62H52N2. The Morgan fingerprint density at radius 2 is 1.08 bits per heavy atom. The smallest absolute Gasteiger partial charge is 0.0495 e. The van der Waals surface area contributed by atoms with E-state index >= 15 is 0 Å². The van der Waals surface area contributed by atoms with Gasteiger partial charge in [0.1, 0.15) is 0 Å². The second kappa shape index (κ2) is 18.0. The van der Waals surface area contributed by atoms with Gasteiger partial charge in [-0.15, -0.1) is 0 Å². The molecule has 2 aliphatic carbocycles. The summed E-state index contributed by atoms with van der Waals surface area (Å²) in [6.07, 6.45) is 18.0. The third-order valence-electron chi connectivity index (χ3n) is 12.7. The van der Waals surface area contributed by atoms with Crippen LogP contribution in [0.25, 0.3) is 72.4 Å². The molecule has 0 radical (unpaired) electrons. The zero-order valence-electron chi connectivity index (χ0n) is 36.8. The zero-order chi connectivity index (χ0) is 43.4. The molecule has 2 aliphatic rings. The lowest BCUT2D eigenvalue weighted by Gasteiger charge is -2.27. The molecule has 9 aromatic rings. The average Bonchev–Trinajstić information content (AvgIpc) is 3.47. The molecule has 0 amide bonds. The highest BCUT2D eigenvalue weighted by molar-refractivity contribution is 6.13. The Morgan fingerprint density at radius 3 is 1.78 bits per heavy atom. The number of nitrogens with zero attached hydrogens (tertiary/aromatic N) is 2. The third-order valence-corrected chi connectivity index (χ3v) is 12.7. The van der Waals surface area contributed by atoms with Crippen molar-refractivity contribution in [3.63, 3.8) is 0 Å². The molecule has 1 heterocycles. The van der Waals surface area contributed by atoms with Crippen LogP contribution in [0.4, 0.5) is 11.4 Å². The van der Waals surface area contributed by atoms with E-state index in [0.29, 0.717) is 5.92 Å². The largest absolute Gasteiger partial charge is 0.344 e. The van der Waals surface area contributed by atoms with Crippen LogP contribution in [0.5, 0.6) is 0 Å². The number of allylic oxidation sites excluding steroid dienone is 6. The molecule has 0 N–H and O–H groups in total. The van der Waals surface area contributed by atoms with Gasteiger partial charge in [-0.2, -0.15) is 0 Å². The molecule has 1 aromatic heterocycles. The van der Waals surface area contributed by atoms with Crippen LogP contribution in [0, 0.1) is 12.8 Å². The second-order valence-corrected chi connectivity index (χ2v) is 17.1. The van der Waals surface area contributed by atoms with E-state index in [9.17, 15) is 0 Å². The number of hydrogen-bond acceptors (Lipinski definition) is 1. The summed E-state index contributed by atoms with van der Waals surface area (Å²) in [4.78, 5) is 2.36. The van der Waals surface area contributed by atoms with Crippen LogP contribution in [-0.2, 0) is 13.5 Å². The molecule has 0 bridgehead atoms. The first-order chi connectivity index (χ1) is 31.5. The van der Waals surface area contributed by atoms with E-state index in [0.717, 1.165) is 29.9 Å². The fourth-order valence-corrected chi connectivity index (χ4v) is 9.26. The Kier molecular flexibility index (Phi) is 11.3. The molecule has 2 heteroatoms. The fraction of sp³-hybridized carbons (Fsp3) is 0.0968. The third kappa shape index (κ3) is 8.31. The maximum atomic E-state index is 2.39. The number of hydrogen-bond donors (Lipinski definition) is 0. The lowest BCUT2D eigenvalue weighted by atomic mass is 9.92. The molecule has 2 nitrogen and oxygen atoms in total. The Morgan fingerprint density at radius 1 is 0.500 bits per heavy atom. The van der Waals surface area contributed by atoms with Gasteiger partial charge in [0.25, 0.3) is 0 Å². The number of fused-ring (bicyclic) bond motifs is 5. The average molecular weight is 825 g/mol. The van der Waals surface area contributed by atoms with E-state index in [1.807, 2.05) is 6.07 Å². The normalized spacial score (nSPS) is 14.1. The van der Waals surface area contributed by atoms with E-state index in [2.05, 4.69) is 255 Å². The molecule has 310 valence electrons. The highest BCUT2D eigenvalue weighted by Crippen LogP contribution is 2.39. The predicted molar refractivity (Wildman–Crippen MR) is 275 cm³/mol. The molecule has 64 heavy (non-hydrogen) atoms. The number of aromatic nitrogens is 1. The van der Waals surface area contributed by atoms with Crippen molar-refractivity contribution in [2.24, 2.45) is 13.0 Å². The standard InChI is InChI=1S/C49H40N2.C13H12/c1-34-10-8-15-42(27-18-34)51(44-16-9-14-40(32-44)35-11-4-3-5-12-35)43-28-23-37(24-29-43)36-19-21-38(22-20-36)41-26-30-47-46(33-41)49-45-17-7-6-13-39(45)25-31-48(49)50(47)2;1-11-6-5-9-13(10-11)12-7-3-2-4-8-12/h3-5,7-12,14-34H,6,13H2,1-2H3;2-10H,1H3. The van der Waals surface area contributed by atoms with Gasteiger partial charge in [0.05, 0.1) is 0 Å². The zero-order valence-corrected chi connectivity index (χ0v) is 36.8. The monoisotopic (exact) mass is 824 g/mol. The van der Waals surface area contributed by atoms with E-state index < -0.39 is 0 Å². The minimum atomic E-state index is 0.387. The topological polar surface area (TPSA) is 8.17 Å². The highest BCUT2D eigenvalue weighted by atomic mass is 15.1. The maximum Gasteiger partial charge on any atom is 0.0495 e. The van der Waals surface area contributed by atoms with Crippen LogP contribution >= 0.6 is 0 Å². The lowest BCUT2D eigenvalue weighted by Crippen LogP contribution is -2.15. The summed E-state index contributed by atoms with van der Waals surface area (Å²) in [6.45, 7) is 4.34. The summed E-state index contributed by atoms with van der Waals surface area (Å²) in [5.74, 6) is 0.387. The first-order valence-electron chi connectivity index (χ1n) is 22.5. The van der Waals surface area contributed by atoms with Crippen molar-refractivity contribution in [2.45, 2.75) is 26.7 Å². The number of anilines is 2. The van der Waals surface area contributed by atoms with Crippen LogP contribution in [0.1, 0.15) is 30.0 Å². The molecule has 0 saturated heterocycles. The van der Waals surface area contributed by atoms with Gasteiger partial charge in [0, 0.05) is 45.9 Å². The highest BCUT2D eigenvalue weighted by Gasteiger charge is 2.18. The summed E-state index contributed by atoms with van der Waals surface area (Å²) in [5.41, 5.74) is 20.0. The molecule has 0 aliphatic heterocycles. The molecule has 8 aromatic carbocycles. The SMILES string of the molecule is CC1C=CC=C(N(c2ccc(-c3ccc(-c4ccc5c(c4)c4c6c(ccc4n5C)CCC=C6)cc3)cc2)c2cccc(-c3ccccc3)c2)C=C1.Cc1cccc(-c2ccccc2)c1. The van der Waals surface area contributed by atoms with Crippen LogP contribution in [0.2, 0.25) is 0 Å². The van der Waals surface area contributed by atoms with Crippen molar-refractivity contribution >= 4 is 39.3 Å². The van der Waals surface area contributed by atoms with Gasteiger partial charge in [-0.3, -0.25) is 0 Å². The van der Waals surface area contributed by atoms with Crippen molar-refractivity contribution in [2.75, 3.05) is 4.90 Å². The van der Waals surface area contributed by atoms with Gasteiger partial charge in [-0.25, -0.2) is 0 Å². The Balaban J connectivity index is 0.000000319. The van der Waals surface area contributed by atoms with Crippen molar-refractivity contribution in [3.8, 4) is 44.5 Å². The van der Waals surface area contributed by atoms with Gasteiger partial charge in [0.15, 0.2) is 0 Å². The molecule has 1 unspecified atom stereocenters. The van der Waals surface area contributed by atoms with Crippen molar-refractivity contribution in [1.82, 2.24) is 4.57 Å². The van der Waals surface area contributed by atoms with E-state index in [1.54, 1.807) is 0 Å². The van der Waals surface area contributed by atoms with Crippen molar-refractivity contribution in [1.29, 1.82) is 0 Å². The van der Waals surface area contributed by atoms with Crippen LogP contribution in [-0.4, -0.2) is 4.57 Å². The molecule has 1 atom stereocenters. The first-order valence-corrected chi connectivity index (χ1v) is 22.5. The first kappa shape index (κ1) is 40.4. The quantitative estimate of drug-likeness (QED) is 0.155. The van der Waals surface area contributed by atoms with Gasteiger partial charge in [0.2, 0.25) is 0 Å². The van der Waals surface area contributed by atoms with Gasteiger partial charge < -0.3 is 9.47 Å². The van der Waals surface area contributed by atoms with Gasteiger partial charge in [-0.1, -0.05) is 188 Å². The van der Waals surface area contributed by atoms with Crippen molar-refractivity contribution in [3.05, 3.63) is 247 Å². The lowest BCUT2D eigenvalue weighted by molar-refractivity contribution is 0.941. The summed E-state index contributed by atoms with van der Waals surface area (Å²) >= 11 is 0. The number of benzene rings is 8. The van der Waals surface area contributed by atoms with Gasteiger partial charge >= 0.3 is 0 Å².